The molecule has 1 aromatic rings. The Balaban J connectivity index is 2.31. The molecule has 0 fully saturated rings. The van der Waals surface area contributed by atoms with Gasteiger partial charge in [0.15, 0.2) is 0 Å². The van der Waals surface area contributed by atoms with Crippen molar-refractivity contribution in [2.24, 2.45) is 0 Å². The van der Waals surface area contributed by atoms with E-state index in [9.17, 15) is 9.90 Å². The van der Waals surface area contributed by atoms with Gasteiger partial charge >= 0.3 is 6.09 Å². The van der Waals surface area contributed by atoms with Crippen LogP contribution >= 0.6 is 0 Å². The summed E-state index contributed by atoms with van der Waals surface area (Å²) in [4.78, 5) is 10.4. The van der Waals surface area contributed by atoms with E-state index in [-0.39, 0.29) is 6.61 Å². The average Bonchev–Trinajstić information content (AvgIpc) is 2.35. The van der Waals surface area contributed by atoms with Crippen LogP contribution in [0.3, 0.4) is 0 Å². The highest BCUT2D eigenvalue weighted by atomic mass is 16.4. The van der Waals surface area contributed by atoms with Crippen molar-refractivity contribution in [2.45, 2.75) is 31.4 Å². The summed E-state index contributed by atoms with van der Waals surface area (Å²) in [5, 5.41) is 29.5. The minimum absolute atomic E-state index is 0.260. The van der Waals surface area contributed by atoms with Gasteiger partial charge in [0, 0.05) is 0 Å². The number of amides is 1. The van der Waals surface area contributed by atoms with Gasteiger partial charge in [-0.25, -0.2) is 4.79 Å². The largest absolute Gasteiger partial charge is 0.465 e. The molecule has 1 aromatic carbocycles. The fraction of sp³-hybridized carbons (Fsp3) is 0.462. The maximum absolute atomic E-state index is 10.4. The van der Waals surface area contributed by atoms with E-state index in [1.807, 2.05) is 30.3 Å². The summed E-state index contributed by atoms with van der Waals surface area (Å²) in [5.74, 6) is 0. The second-order valence-corrected chi connectivity index (χ2v) is 4.25. The lowest BCUT2D eigenvalue weighted by Gasteiger charge is -2.16. The number of benzene rings is 1. The van der Waals surface area contributed by atoms with Crippen molar-refractivity contribution in [1.29, 1.82) is 0 Å². The van der Waals surface area contributed by atoms with Gasteiger partial charge in [0.2, 0.25) is 0 Å². The summed E-state index contributed by atoms with van der Waals surface area (Å²) in [6.45, 7) is -0.260. The predicted molar refractivity (Wildman–Crippen MR) is 67.4 cm³/mol. The van der Waals surface area contributed by atoms with Gasteiger partial charge in [0.25, 0.3) is 0 Å². The van der Waals surface area contributed by atoms with Gasteiger partial charge in [-0.3, -0.25) is 0 Å². The number of rotatable bonds is 7. The van der Waals surface area contributed by atoms with Crippen LogP contribution in [0.2, 0.25) is 0 Å². The molecule has 100 valence electrons. The molecule has 1 unspecified atom stereocenters. The van der Waals surface area contributed by atoms with Crippen LogP contribution in [0.25, 0.3) is 0 Å². The number of hydrogen-bond donors (Lipinski definition) is 4. The average molecular weight is 253 g/mol. The molecule has 0 aliphatic carbocycles. The van der Waals surface area contributed by atoms with Crippen molar-refractivity contribution in [3.8, 4) is 0 Å². The molecule has 0 aromatic heterocycles. The molecule has 2 atom stereocenters. The highest BCUT2D eigenvalue weighted by molar-refractivity contribution is 5.64. The first-order valence-electron chi connectivity index (χ1n) is 5.94. The number of hydrogen-bond acceptors (Lipinski definition) is 3. The Labute approximate surface area is 106 Å². The van der Waals surface area contributed by atoms with Gasteiger partial charge in [0.05, 0.1) is 18.8 Å². The Kier molecular flexibility index (Phi) is 6.18. The van der Waals surface area contributed by atoms with Crippen molar-refractivity contribution in [2.75, 3.05) is 6.61 Å². The summed E-state index contributed by atoms with van der Waals surface area (Å²) >= 11 is 0. The van der Waals surface area contributed by atoms with Crippen LogP contribution in [0.4, 0.5) is 4.79 Å². The predicted octanol–water partition coefficient (Wildman–Crippen LogP) is 0.999. The molecule has 0 aliphatic rings. The third-order valence-electron chi connectivity index (χ3n) is 2.71. The molecular formula is C13H19NO4. The summed E-state index contributed by atoms with van der Waals surface area (Å²) < 4.78 is 0. The van der Waals surface area contributed by atoms with Gasteiger partial charge in [-0.1, -0.05) is 30.3 Å². The number of aliphatic hydroxyl groups excluding tert-OH is 2. The molecule has 5 heteroatoms. The molecule has 0 radical (unpaired) electrons. The number of carbonyl (C=O) groups is 1. The van der Waals surface area contributed by atoms with Crippen LogP contribution in [0, 0.1) is 0 Å². The molecule has 1 rings (SSSR count). The molecule has 5 nitrogen and oxygen atoms in total. The van der Waals surface area contributed by atoms with Gasteiger partial charge in [-0.2, -0.15) is 0 Å². The minimum Gasteiger partial charge on any atom is -0.465 e. The Morgan fingerprint density at radius 3 is 2.44 bits per heavy atom. The van der Waals surface area contributed by atoms with Crippen LogP contribution in [-0.4, -0.2) is 40.2 Å². The van der Waals surface area contributed by atoms with Crippen molar-refractivity contribution in [3.05, 3.63) is 35.9 Å². The summed E-state index contributed by atoms with van der Waals surface area (Å²) in [6.07, 6.45) is -0.299. The third-order valence-corrected chi connectivity index (χ3v) is 2.71. The Bertz CT molecular complexity index is 355. The molecule has 0 saturated heterocycles. The lowest BCUT2D eigenvalue weighted by molar-refractivity contribution is 0.142. The minimum atomic E-state index is -1.16. The van der Waals surface area contributed by atoms with Crippen LogP contribution in [-0.2, 0) is 6.42 Å². The van der Waals surface area contributed by atoms with Crippen molar-refractivity contribution >= 4 is 6.09 Å². The summed E-state index contributed by atoms with van der Waals surface area (Å²) in [5.41, 5.74) is 1.04. The number of carboxylic acid groups (broad SMARTS) is 1. The van der Waals surface area contributed by atoms with Gasteiger partial charge in [-0.05, 0) is 24.8 Å². The smallest absolute Gasteiger partial charge is 0.404 e. The second kappa shape index (κ2) is 7.68. The molecule has 0 heterocycles. The number of aliphatic hydroxyl groups is 2. The fourth-order valence-corrected chi connectivity index (χ4v) is 1.77. The fourth-order valence-electron chi connectivity index (χ4n) is 1.77. The Morgan fingerprint density at radius 2 is 1.89 bits per heavy atom. The molecule has 1 amide bonds. The normalized spacial score (nSPS) is 13.9. The monoisotopic (exact) mass is 253 g/mol. The maximum atomic E-state index is 10.4. The molecule has 18 heavy (non-hydrogen) atoms. The maximum Gasteiger partial charge on any atom is 0.404 e. The molecule has 0 bridgehead atoms. The Hall–Kier alpha value is -1.59. The first-order valence-corrected chi connectivity index (χ1v) is 5.94. The van der Waals surface area contributed by atoms with Gasteiger partial charge in [-0.15, -0.1) is 0 Å². The first kappa shape index (κ1) is 14.5. The molecule has 0 saturated carbocycles. The van der Waals surface area contributed by atoms with E-state index >= 15 is 0 Å². The van der Waals surface area contributed by atoms with E-state index in [4.69, 9.17) is 10.2 Å². The second-order valence-electron chi connectivity index (χ2n) is 4.25. The zero-order chi connectivity index (χ0) is 13.4. The van der Waals surface area contributed by atoms with E-state index in [1.165, 1.54) is 0 Å². The molecule has 0 spiro atoms. The van der Waals surface area contributed by atoms with Crippen molar-refractivity contribution < 1.29 is 20.1 Å². The highest BCUT2D eigenvalue weighted by Gasteiger charge is 2.13. The van der Waals surface area contributed by atoms with Gasteiger partial charge in [0.1, 0.15) is 0 Å². The topological polar surface area (TPSA) is 89.8 Å². The van der Waals surface area contributed by atoms with Crippen LogP contribution in [0.1, 0.15) is 18.4 Å². The SMILES string of the molecule is O=C(O)N[C@H](CO)CCC(O)Cc1ccccc1. The molecular weight excluding hydrogens is 234 g/mol. The zero-order valence-corrected chi connectivity index (χ0v) is 10.1. The first-order chi connectivity index (χ1) is 8.61. The third kappa shape index (κ3) is 5.65. The zero-order valence-electron chi connectivity index (χ0n) is 10.1. The van der Waals surface area contributed by atoms with Gasteiger partial charge < -0.3 is 20.6 Å². The van der Waals surface area contributed by atoms with Crippen molar-refractivity contribution in [3.63, 3.8) is 0 Å². The molecule has 4 N–H and O–H groups in total. The standard InChI is InChI=1S/C13H19NO4/c15-9-11(14-13(17)18)6-7-12(16)8-10-4-2-1-3-5-10/h1-5,11-12,14-16H,6-9H2,(H,17,18)/t11-,12?/m0/s1. The lowest BCUT2D eigenvalue weighted by Crippen LogP contribution is -2.37. The van der Waals surface area contributed by atoms with E-state index in [0.29, 0.717) is 19.3 Å². The van der Waals surface area contributed by atoms with E-state index in [2.05, 4.69) is 5.32 Å². The quantitative estimate of drug-likeness (QED) is 0.583. The van der Waals surface area contributed by atoms with Crippen LogP contribution in [0.5, 0.6) is 0 Å². The Morgan fingerprint density at radius 1 is 1.22 bits per heavy atom. The van der Waals surface area contributed by atoms with Crippen LogP contribution in [0.15, 0.2) is 30.3 Å². The molecule has 0 aliphatic heterocycles. The summed E-state index contributed by atoms with van der Waals surface area (Å²) in [6, 6.07) is 9.07. The van der Waals surface area contributed by atoms with Crippen LogP contribution < -0.4 is 5.32 Å². The number of nitrogens with one attached hydrogen (secondary N) is 1. The van der Waals surface area contributed by atoms with E-state index in [0.717, 1.165) is 5.56 Å². The summed E-state index contributed by atoms with van der Waals surface area (Å²) in [7, 11) is 0. The van der Waals surface area contributed by atoms with Crippen molar-refractivity contribution in [1.82, 2.24) is 5.32 Å². The van der Waals surface area contributed by atoms with E-state index < -0.39 is 18.2 Å². The van der Waals surface area contributed by atoms with E-state index in [1.54, 1.807) is 0 Å². The highest BCUT2D eigenvalue weighted by Crippen LogP contribution is 2.09. The lowest BCUT2D eigenvalue weighted by atomic mass is 10.0.